The van der Waals surface area contributed by atoms with Crippen LogP contribution in [0.2, 0.25) is 0 Å². The number of hydrogen-bond acceptors (Lipinski definition) is 17. The first-order valence-corrected chi connectivity index (χ1v) is 19.4. The molecule has 0 radical (unpaired) electrons. The molecule has 5 rings (SSSR count). The van der Waals surface area contributed by atoms with E-state index in [0.717, 1.165) is 32.1 Å². The van der Waals surface area contributed by atoms with E-state index in [1.807, 2.05) is 20.3 Å². The zero-order valence-electron chi connectivity index (χ0n) is 37.2. The molecule has 0 N–H and O–H groups in total. The maximum Gasteiger partial charge on any atom is 1.00 e. The number of carboxylic acids is 2. The van der Waals surface area contributed by atoms with Crippen LogP contribution in [0.5, 0.6) is 0 Å². The molecule has 0 aromatic carbocycles. The van der Waals surface area contributed by atoms with Gasteiger partial charge in [-0.25, -0.2) is 0 Å². The van der Waals surface area contributed by atoms with Gasteiger partial charge in [0.25, 0.3) is 0 Å². The monoisotopic (exact) mass is 898 g/mol. The van der Waals surface area contributed by atoms with Crippen molar-refractivity contribution in [2.75, 3.05) is 7.11 Å². The number of rotatable bonds is 13. The van der Waals surface area contributed by atoms with Crippen LogP contribution >= 0.6 is 0 Å². The molecule has 5 fully saturated rings. The Morgan fingerprint density at radius 3 is 1.56 bits per heavy atom. The number of aliphatic carboxylic acids is 2. The van der Waals surface area contributed by atoms with E-state index in [1.165, 1.54) is 7.11 Å². The molecule has 0 aromatic heterocycles. The van der Waals surface area contributed by atoms with E-state index >= 15 is 0 Å². The van der Waals surface area contributed by atoms with E-state index in [4.69, 9.17) is 47.7 Å². The average Bonchev–Trinajstić information content (AvgIpc) is 3.99. The van der Waals surface area contributed by atoms with Gasteiger partial charge in [0, 0.05) is 18.0 Å². The van der Waals surface area contributed by atoms with Crippen LogP contribution < -0.4 is 128 Å². The summed E-state index contributed by atoms with van der Waals surface area (Å²) >= 11 is 0. The minimum absolute atomic E-state index is 0. The molecule has 14 atom stereocenters. The fraction of sp³-hybridized carbons (Fsp3) is 0.750. The van der Waals surface area contributed by atoms with E-state index in [1.54, 1.807) is 6.42 Å². The van der Waals surface area contributed by atoms with E-state index in [9.17, 15) is 34.2 Å². The van der Waals surface area contributed by atoms with Crippen molar-refractivity contribution in [3.05, 3.63) is 12.8 Å². The Morgan fingerprint density at radius 1 is 0.639 bits per heavy atom. The predicted molar refractivity (Wildman–Crippen MR) is 184 cm³/mol. The van der Waals surface area contributed by atoms with Crippen LogP contribution in [0.25, 0.3) is 0 Å². The van der Waals surface area contributed by atoms with Crippen molar-refractivity contribution in [3.8, 4) is 0 Å². The Bertz CT molecular complexity index is 1420. The maximum absolute atomic E-state index is 12.3. The van der Waals surface area contributed by atoms with Gasteiger partial charge < -0.3 is 45.2 Å². The zero-order valence-corrected chi connectivity index (χ0v) is 45.2. The number of hydrogen-bond donors (Lipinski definition) is 0. The van der Waals surface area contributed by atoms with Crippen LogP contribution in [-0.2, 0) is 71.7 Å². The molecular formula is C40H54Na4O17. The van der Waals surface area contributed by atoms with E-state index < -0.39 is 47.5 Å². The summed E-state index contributed by atoms with van der Waals surface area (Å²) in [6.45, 7) is 10.2. The summed E-state index contributed by atoms with van der Waals surface area (Å²) in [5, 5.41) is 22.3. The molecule has 2 saturated carbocycles. The van der Waals surface area contributed by atoms with Gasteiger partial charge >= 0.3 is 155 Å². The molecule has 5 aliphatic rings. The number of esters is 3. The molecule has 0 amide bonds. The second kappa shape index (κ2) is 35.8. The minimum Gasteiger partial charge on any atom is -0.553 e. The summed E-state index contributed by atoms with van der Waals surface area (Å²) in [7, 11) is 1.45. The number of carboxylic acid groups (broad SMARTS) is 2. The van der Waals surface area contributed by atoms with Gasteiger partial charge in [-0.15, -0.1) is 5.92 Å². The molecule has 21 heteroatoms. The number of methoxy groups -OCH3 is 1. The summed E-state index contributed by atoms with van der Waals surface area (Å²) in [5.74, 6) is -3.86. The summed E-state index contributed by atoms with van der Waals surface area (Å²) in [6, 6.07) is 0. The van der Waals surface area contributed by atoms with Crippen molar-refractivity contribution in [1.82, 2.24) is 0 Å². The first-order chi connectivity index (χ1) is 27.1. The fourth-order valence-electron chi connectivity index (χ4n) is 9.28. The molecule has 2 aliphatic carbocycles. The van der Waals surface area contributed by atoms with Gasteiger partial charge in [-0.2, -0.15) is 34.7 Å². The van der Waals surface area contributed by atoms with Crippen molar-refractivity contribution in [2.45, 2.75) is 123 Å². The molecule has 0 spiro atoms. The smallest absolute Gasteiger partial charge is 0.553 e. The Hall–Kier alpha value is -0.390. The minimum atomic E-state index is -1.10. The van der Waals surface area contributed by atoms with E-state index in [0.29, 0.717) is 49.9 Å². The number of fused-ring (bicyclic) bond motifs is 1. The van der Waals surface area contributed by atoms with Crippen LogP contribution in [0.15, 0.2) is 0 Å². The van der Waals surface area contributed by atoms with Crippen LogP contribution in [0.1, 0.15) is 98.8 Å². The van der Waals surface area contributed by atoms with Crippen LogP contribution in [-0.4, -0.2) is 79.8 Å². The van der Waals surface area contributed by atoms with Crippen molar-refractivity contribution < 1.29 is 200 Å². The number of cyclic esters (lactones) is 2. The van der Waals surface area contributed by atoms with E-state index in [-0.39, 0.29) is 185 Å². The maximum atomic E-state index is 12.3. The van der Waals surface area contributed by atoms with Gasteiger partial charge in [0.2, 0.25) is 0 Å². The Labute approximate surface area is 445 Å². The Morgan fingerprint density at radius 2 is 1.13 bits per heavy atom. The van der Waals surface area contributed by atoms with Crippen LogP contribution in [0.4, 0.5) is 0 Å². The molecule has 14 unspecified atom stereocenters. The third-order valence-electron chi connectivity index (χ3n) is 12.0. The van der Waals surface area contributed by atoms with Crippen LogP contribution in [0, 0.1) is 72.0 Å². The van der Waals surface area contributed by atoms with Crippen molar-refractivity contribution in [1.29, 1.82) is 0 Å². The normalized spacial score (nSPS) is 32.1. The first-order valence-electron chi connectivity index (χ1n) is 19.4. The summed E-state index contributed by atoms with van der Waals surface area (Å²) in [4.78, 5) is 107. The van der Waals surface area contributed by atoms with Crippen molar-refractivity contribution >= 4 is 48.3 Å². The fourth-order valence-corrected chi connectivity index (χ4v) is 9.28. The third kappa shape index (κ3) is 19.9. The SMILES string of the molecule is CCC1CC(CCC2OC(CC)C3C(=O)OC(=O)C23)C(C(=O)OC)C1C.CCC1[CH-]C(C(=O)[O-])C(CCC2[CH-]C(C(=O)[O-])C(CC)O2)C1.O=C=O.O=C=O.O=C=O.[Na+].[Na+].[Na+].[Na+]. The van der Waals surface area contributed by atoms with Gasteiger partial charge in [0.1, 0.15) is 0 Å². The first kappa shape index (κ1) is 67.2. The molecule has 0 aromatic rings. The van der Waals surface area contributed by atoms with Crippen molar-refractivity contribution in [3.63, 3.8) is 0 Å². The predicted octanol–water partition coefficient (Wildman–Crippen LogP) is -10.9. The van der Waals surface area contributed by atoms with Gasteiger partial charge in [-0.05, 0) is 49.9 Å². The number of ether oxygens (including phenoxy) is 4. The molecule has 3 heterocycles. The van der Waals surface area contributed by atoms with Crippen LogP contribution in [0.3, 0.4) is 0 Å². The summed E-state index contributed by atoms with van der Waals surface area (Å²) in [6.07, 6.45) is 11.3. The van der Waals surface area contributed by atoms with E-state index in [2.05, 4.69) is 20.8 Å². The number of carbonyl (C=O) groups is 5. The molecule has 61 heavy (non-hydrogen) atoms. The Kier molecular flexibility index (Phi) is 39.5. The zero-order chi connectivity index (χ0) is 43.4. The van der Waals surface area contributed by atoms with Gasteiger partial charge in [-0.3, -0.25) is 20.8 Å². The second-order valence-electron chi connectivity index (χ2n) is 14.7. The molecular weight excluding hydrogens is 844 g/mol. The molecule has 0 bridgehead atoms. The topological polar surface area (TPSA) is 271 Å². The summed E-state index contributed by atoms with van der Waals surface area (Å²) in [5.41, 5.74) is 0. The van der Waals surface area contributed by atoms with Crippen molar-refractivity contribution in [2.24, 2.45) is 59.2 Å². The largest absolute Gasteiger partial charge is 1.00 e. The molecule has 3 saturated heterocycles. The van der Waals surface area contributed by atoms with Gasteiger partial charge in [0.15, 0.2) is 0 Å². The standard InChI is InChI=1S/C20H30O6.C17H26O5.3CO2.4Na/c1-5-11-9-12(15(10(11)3)18(21)24-4)7-8-14-17-16(13(6-2)25-14)19(22)26-20(17)23;1-3-10-7-11(13(8-10)16(18)19)5-6-12-9-14(17(20)21)15(4-2)22-12;3*2-1-3;;;;/h10-17H,5-9H2,1-4H3;8-15H,3-7H2,1-2H3,(H,18,19)(H,20,21);;;;;;;/q;-2;;;;4*+1/p-2. The second-order valence-corrected chi connectivity index (χ2v) is 14.7. The van der Waals surface area contributed by atoms with Gasteiger partial charge in [-0.1, -0.05) is 84.7 Å². The number of carbonyl (C=O) groups excluding carboxylic acids is 11. The third-order valence-corrected chi connectivity index (χ3v) is 12.0. The van der Waals surface area contributed by atoms with Gasteiger partial charge in [0.05, 0.1) is 37.1 Å². The molecule has 320 valence electrons. The molecule has 3 aliphatic heterocycles. The quantitative estimate of drug-likeness (QED) is 0.0719. The molecule has 17 nitrogen and oxygen atoms in total. The Balaban J connectivity index is -0.000000426. The average molecular weight is 899 g/mol. The summed E-state index contributed by atoms with van der Waals surface area (Å²) < 4.78 is 21.7.